The first-order valence-electron chi connectivity index (χ1n) is 4.49. The monoisotopic (exact) mass is 168 g/mol. The fourth-order valence-corrected chi connectivity index (χ4v) is 1.40. The van der Waals surface area contributed by atoms with Crippen LogP contribution in [-0.2, 0) is 9.53 Å². The Morgan fingerprint density at radius 1 is 1.58 bits per heavy atom. The summed E-state index contributed by atoms with van der Waals surface area (Å²) in [6.45, 7) is 6.40. The van der Waals surface area contributed by atoms with Crippen LogP contribution in [-0.4, -0.2) is 18.5 Å². The summed E-state index contributed by atoms with van der Waals surface area (Å²) in [5.41, 5.74) is 1.09. The van der Waals surface area contributed by atoms with Gasteiger partial charge in [-0.1, -0.05) is 6.58 Å². The highest BCUT2D eigenvalue weighted by molar-refractivity contribution is 5.75. The molecule has 2 heteroatoms. The molecule has 12 heavy (non-hydrogen) atoms. The Labute approximate surface area is 73.6 Å². The van der Waals surface area contributed by atoms with E-state index in [-0.39, 0.29) is 11.9 Å². The summed E-state index contributed by atoms with van der Waals surface area (Å²) in [7, 11) is 0. The summed E-state index contributed by atoms with van der Waals surface area (Å²) in [5.74, 6) is 0.231. The van der Waals surface area contributed by atoms with Crippen molar-refractivity contribution in [1.29, 1.82) is 0 Å². The van der Waals surface area contributed by atoms with Gasteiger partial charge in [0.2, 0.25) is 0 Å². The number of carbonyl (C=O) groups excluding carboxylic acids is 1. The molecule has 0 aromatic carbocycles. The molecule has 1 aliphatic heterocycles. The van der Waals surface area contributed by atoms with Gasteiger partial charge in [-0.3, -0.25) is 0 Å². The predicted octanol–water partition coefficient (Wildman–Crippen LogP) is 2.09. The molecule has 1 heterocycles. The van der Waals surface area contributed by atoms with Crippen molar-refractivity contribution in [2.75, 3.05) is 6.61 Å². The van der Waals surface area contributed by atoms with Crippen molar-refractivity contribution in [1.82, 2.24) is 0 Å². The Kier molecular flexibility index (Phi) is 3.48. The molecule has 0 radical (unpaired) electrons. The van der Waals surface area contributed by atoms with Crippen LogP contribution in [0.2, 0.25) is 0 Å². The standard InChI is InChI=1S/C10H16O2/c1-8(5-6-9(2)11)10-4-3-7-12-10/h10H,1,3-7H2,2H3. The van der Waals surface area contributed by atoms with Gasteiger partial charge in [0.15, 0.2) is 0 Å². The number of ether oxygens (including phenoxy) is 1. The summed E-state index contributed by atoms with van der Waals surface area (Å²) < 4.78 is 5.44. The molecule has 0 amide bonds. The third-order valence-corrected chi connectivity index (χ3v) is 2.18. The molecule has 0 bridgehead atoms. The molecule has 1 saturated heterocycles. The number of carbonyl (C=O) groups is 1. The minimum atomic E-state index is 0.226. The van der Waals surface area contributed by atoms with Gasteiger partial charge in [-0.2, -0.15) is 0 Å². The Morgan fingerprint density at radius 3 is 2.83 bits per heavy atom. The molecule has 1 rings (SSSR count). The molecule has 2 nitrogen and oxygen atoms in total. The largest absolute Gasteiger partial charge is 0.374 e. The second kappa shape index (κ2) is 4.41. The van der Waals surface area contributed by atoms with Crippen LogP contribution >= 0.6 is 0 Å². The van der Waals surface area contributed by atoms with Crippen LogP contribution in [0.4, 0.5) is 0 Å². The van der Waals surface area contributed by atoms with Crippen molar-refractivity contribution in [3.8, 4) is 0 Å². The van der Waals surface area contributed by atoms with Crippen LogP contribution in [0.15, 0.2) is 12.2 Å². The average Bonchev–Trinajstić information content (AvgIpc) is 2.51. The molecule has 0 aromatic rings. The SMILES string of the molecule is C=C(CCC(C)=O)C1CCCO1. The molecule has 0 N–H and O–H groups in total. The van der Waals surface area contributed by atoms with Gasteiger partial charge < -0.3 is 9.53 Å². The van der Waals surface area contributed by atoms with Gasteiger partial charge in [0, 0.05) is 13.0 Å². The quantitative estimate of drug-likeness (QED) is 0.601. The van der Waals surface area contributed by atoms with Crippen LogP contribution in [0.1, 0.15) is 32.6 Å². The topological polar surface area (TPSA) is 26.3 Å². The Hall–Kier alpha value is -0.630. The fourth-order valence-electron chi connectivity index (χ4n) is 1.40. The minimum absolute atomic E-state index is 0.226. The lowest BCUT2D eigenvalue weighted by Gasteiger charge is -2.11. The number of Topliss-reactive ketones (excluding diaryl/α,β-unsaturated/α-hetero) is 1. The lowest BCUT2D eigenvalue weighted by Crippen LogP contribution is -2.08. The van der Waals surface area contributed by atoms with E-state index in [1.54, 1.807) is 6.92 Å². The molecule has 0 aliphatic carbocycles. The third-order valence-electron chi connectivity index (χ3n) is 2.18. The normalized spacial score (nSPS) is 22.6. The zero-order valence-corrected chi connectivity index (χ0v) is 7.64. The van der Waals surface area contributed by atoms with Gasteiger partial charge in [0.1, 0.15) is 5.78 Å². The number of hydrogen-bond donors (Lipinski definition) is 0. The minimum Gasteiger partial charge on any atom is -0.374 e. The summed E-state index contributed by atoms with van der Waals surface area (Å²) in [4.78, 5) is 10.7. The first-order valence-corrected chi connectivity index (χ1v) is 4.49. The Morgan fingerprint density at radius 2 is 2.33 bits per heavy atom. The molecule has 1 unspecified atom stereocenters. The first-order chi connectivity index (χ1) is 5.70. The van der Waals surface area contributed by atoms with Gasteiger partial charge in [0.25, 0.3) is 0 Å². The second-order valence-corrected chi connectivity index (χ2v) is 3.36. The van der Waals surface area contributed by atoms with Gasteiger partial charge in [0.05, 0.1) is 6.10 Å². The predicted molar refractivity (Wildman–Crippen MR) is 48.0 cm³/mol. The van der Waals surface area contributed by atoms with Crippen molar-refractivity contribution in [2.24, 2.45) is 0 Å². The highest BCUT2D eigenvalue weighted by Crippen LogP contribution is 2.21. The number of hydrogen-bond acceptors (Lipinski definition) is 2. The van der Waals surface area contributed by atoms with Gasteiger partial charge in [-0.15, -0.1) is 0 Å². The van der Waals surface area contributed by atoms with Gasteiger partial charge in [-0.25, -0.2) is 0 Å². The van der Waals surface area contributed by atoms with Gasteiger partial charge in [-0.05, 0) is 31.8 Å². The van der Waals surface area contributed by atoms with Crippen molar-refractivity contribution in [3.63, 3.8) is 0 Å². The van der Waals surface area contributed by atoms with E-state index in [2.05, 4.69) is 6.58 Å². The molecule has 0 saturated carbocycles. The lowest BCUT2D eigenvalue weighted by atomic mass is 10.0. The van der Waals surface area contributed by atoms with E-state index in [0.29, 0.717) is 6.42 Å². The second-order valence-electron chi connectivity index (χ2n) is 3.36. The van der Waals surface area contributed by atoms with E-state index in [1.807, 2.05) is 0 Å². The summed E-state index contributed by atoms with van der Waals surface area (Å²) in [6, 6.07) is 0. The molecule has 1 fully saturated rings. The summed E-state index contributed by atoms with van der Waals surface area (Å²) in [6.07, 6.45) is 3.84. The molecule has 1 aliphatic rings. The number of rotatable bonds is 4. The van der Waals surface area contributed by atoms with Crippen molar-refractivity contribution < 1.29 is 9.53 Å². The van der Waals surface area contributed by atoms with Crippen molar-refractivity contribution >= 4 is 5.78 Å². The Bertz CT molecular complexity index is 178. The highest BCUT2D eigenvalue weighted by Gasteiger charge is 2.18. The molecule has 0 aromatic heterocycles. The highest BCUT2D eigenvalue weighted by atomic mass is 16.5. The van der Waals surface area contributed by atoms with Crippen molar-refractivity contribution in [2.45, 2.75) is 38.7 Å². The summed E-state index contributed by atoms with van der Waals surface area (Å²) >= 11 is 0. The van der Waals surface area contributed by atoms with Crippen LogP contribution < -0.4 is 0 Å². The van der Waals surface area contributed by atoms with E-state index in [9.17, 15) is 4.79 Å². The van der Waals surface area contributed by atoms with E-state index in [0.717, 1.165) is 31.4 Å². The maximum absolute atomic E-state index is 10.7. The van der Waals surface area contributed by atoms with E-state index < -0.39 is 0 Å². The molecular weight excluding hydrogens is 152 g/mol. The first kappa shape index (κ1) is 9.46. The smallest absolute Gasteiger partial charge is 0.130 e. The summed E-state index contributed by atoms with van der Waals surface area (Å²) in [5, 5.41) is 0. The molecule has 1 atom stereocenters. The number of ketones is 1. The van der Waals surface area contributed by atoms with Crippen molar-refractivity contribution in [3.05, 3.63) is 12.2 Å². The van der Waals surface area contributed by atoms with E-state index in [1.165, 1.54) is 0 Å². The van der Waals surface area contributed by atoms with Crippen LogP contribution in [0.3, 0.4) is 0 Å². The van der Waals surface area contributed by atoms with E-state index >= 15 is 0 Å². The van der Waals surface area contributed by atoms with Crippen LogP contribution in [0.5, 0.6) is 0 Å². The molecule has 0 spiro atoms. The fraction of sp³-hybridized carbons (Fsp3) is 0.700. The Balaban J connectivity index is 2.23. The lowest BCUT2D eigenvalue weighted by molar-refractivity contribution is -0.117. The van der Waals surface area contributed by atoms with E-state index in [4.69, 9.17) is 4.74 Å². The zero-order valence-electron chi connectivity index (χ0n) is 7.64. The average molecular weight is 168 g/mol. The molecule has 68 valence electrons. The maximum Gasteiger partial charge on any atom is 0.130 e. The molecular formula is C10H16O2. The third kappa shape index (κ3) is 2.78. The zero-order chi connectivity index (χ0) is 8.97. The van der Waals surface area contributed by atoms with Crippen LogP contribution in [0, 0.1) is 0 Å². The van der Waals surface area contributed by atoms with Gasteiger partial charge >= 0.3 is 0 Å². The van der Waals surface area contributed by atoms with Crippen LogP contribution in [0.25, 0.3) is 0 Å². The maximum atomic E-state index is 10.7.